The van der Waals surface area contributed by atoms with Gasteiger partial charge >= 0.3 is 37.1 Å². The molecule has 0 nitrogen and oxygen atoms in total. The van der Waals surface area contributed by atoms with Crippen molar-refractivity contribution in [3.63, 3.8) is 0 Å². The molecule has 0 aromatic rings. The summed E-state index contributed by atoms with van der Waals surface area (Å²) in [5, 5.41) is 0. The standard InChI is InChI=1S/BF3.BH4.Na/c2-1(3)4;;/h;1H4;/q;-1;+1. The molecule has 0 spiro atoms. The van der Waals surface area contributed by atoms with E-state index in [1.165, 1.54) is 0 Å². The first-order valence-electron chi connectivity index (χ1n) is 0.655. The molecule has 0 aromatic heterocycles. The molecule has 0 unspecified atom stereocenters. The van der Waals surface area contributed by atoms with Gasteiger partial charge in [-0.1, -0.05) is 8.41 Å². The molecule has 0 aliphatic carbocycles. The second-order valence-electron chi connectivity index (χ2n) is 0.247. The topological polar surface area (TPSA) is 0 Å². The van der Waals surface area contributed by atoms with Crippen LogP contribution in [0.4, 0.5) is 12.9 Å². The van der Waals surface area contributed by atoms with Crippen molar-refractivity contribution in [2.24, 2.45) is 0 Å². The van der Waals surface area contributed by atoms with E-state index in [1.807, 2.05) is 0 Å². The van der Waals surface area contributed by atoms with Gasteiger partial charge in [-0.05, 0) is 0 Å². The first kappa shape index (κ1) is 15.8. The van der Waals surface area contributed by atoms with Crippen molar-refractivity contribution in [2.45, 2.75) is 0 Å². The molecule has 0 fully saturated rings. The minimum Gasteiger partial charge on any atom is -0.254 e. The van der Waals surface area contributed by atoms with Crippen LogP contribution < -0.4 is 29.6 Å². The summed E-state index contributed by atoms with van der Waals surface area (Å²) < 4.78 is 29.0. The van der Waals surface area contributed by atoms with E-state index in [-0.39, 0.29) is 38.0 Å². The van der Waals surface area contributed by atoms with E-state index in [0.29, 0.717) is 0 Å². The molecule has 0 heterocycles. The molecule has 0 N–H and O–H groups in total. The van der Waals surface area contributed by atoms with Crippen LogP contribution in [0.3, 0.4) is 0 Å². The second-order valence-corrected chi connectivity index (χ2v) is 0.247. The molecular formula is H4B2F3Na. The Kier molecular flexibility index (Phi) is 24.5. The van der Waals surface area contributed by atoms with Crippen molar-refractivity contribution in [1.29, 1.82) is 0 Å². The summed E-state index contributed by atoms with van der Waals surface area (Å²) in [6, 6.07) is 0. The summed E-state index contributed by atoms with van der Waals surface area (Å²) >= 11 is 0. The Morgan fingerprint density at radius 3 is 1.00 bits per heavy atom. The van der Waals surface area contributed by atoms with Crippen LogP contribution in [-0.4, -0.2) is 16.0 Å². The maximum absolute atomic E-state index is 9.67. The summed E-state index contributed by atoms with van der Waals surface area (Å²) in [4.78, 5) is 0. The Morgan fingerprint density at radius 1 is 1.00 bits per heavy atom. The normalized spacial score (nSPS) is 4.50. The van der Waals surface area contributed by atoms with Gasteiger partial charge in [-0.3, -0.25) is 12.9 Å². The van der Waals surface area contributed by atoms with E-state index in [2.05, 4.69) is 0 Å². The van der Waals surface area contributed by atoms with Crippen molar-refractivity contribution in [3.05, 3.63) is 0 Å². The molecule has 0 aromatic carbocycles. The van der Waals surface area contributed by atoms with Crippen LogP contribution in [-0.2, 0) is 0 Å². The Morgan fingerprint density at radius 2 is 1.00 bits per heavy atom. The van der Waals surface area contributed by atoms with Crippen LogP contribution in [0.25, 0.3) is 0 Å². The fraction of sp³-hybridized carbons (Fsp3) is 0. The van der Waals surface area contributed by atoms with Gasteiger partial charge in [0.05, 0.1) is 0 Å². The molecule has 32 valence electrons. The van der Waals surface area contributed by atoms with E-state index < -0.39 is 7.54 Å². The molecule has 6 heteroatoms. The Balaban J connectivity index is -0.0000000450. The van der Waals surface area contributed by atoms with Gasteiger partial charge < -0.3 is 0 Å². The molecule has 0 radical (unpaired) electrons. The van der Waals surface area contributed by atoms with Gasteiger partial charge in [-0.2, -0.15) is 0 Å². The third-order valence-electron chi connectivity index (χ3n) is 0. The molecule has 0 atom stereocenters. The molecule has 0 bridgehead atoms. The monoisotopic (exact) mass is 106 g/mol. The van der Waals surface area contributed by atoms with Gasteiger partial charge in [0.2, 0.25) is 0 Å². The van der Waals surface area contributed by atoms with E-state index in [1.54, 1.807) is 0 Å². The van der Waals surface area contributed by atoms with Crippen LogP contribution in [0, 0.1) is 0 Å². The maximum atomic E-state index is 9.67. The number of halogens is 3. The fourth-order valence-electron chi connectivity index (χ4n) is 0. The van der Waals surface area contributed by atoms with Gasteiger partial charge in [0.15, 0.2) is 0 Å². The van der Waals surface area contributed by atoms with Gasteiger partial charge in [0, 0.05) is 0 Å². The minimum atomic E-state index is -3.67. The smallest absolute Gasteiger partial charge is 0.254 e. The Bertz CT molecular complexity index is 13.5. The maximum Gasteiger partial charge on any atom is 1.00 e. The molecule has 0 amide bonds. The molecule has 0 saturated heterocycles. The Labute approximate surface area is 58.6 Å². The SMILES string of the molecule is FB(F)F.[BH4-].[Na+]. The summed E-state index contributed by atoms with van der Waals surface area (Å²) in [6.45, 7) is 0. The van der Waals surface area contributed by atoms with E-state index in [4.69, 9.17) is 0 Å². The van der Waals surface area contributed by atoms with Crippen LogP contribution in [0.5, 0.6) is 0 Å². The molecule has 0 aliphatic rings. The zero-order valence-corrected chi connectivity index (χ0v) is 4.71. The summed E-state index contributed by atoms with van der Waals surface area (Å²) in [5.41, 5.74) is 0. The van der Waals surface area contributed by atoms with Gasteiger partial charge in [-0.15, -0.1) is 0 Å². The Hall–Kier alpha value is 0.920. The molecule has 0 saturated carbocycles. The first-order chi connectivity index (χ1) is 1.73. The van der Waals surface area contributed by atoms with E-state index in [9.17, 15) is 12.9 Å². The zero-order chi connectivity index (χ0) is 3.58. The van der Waals surface area contributed by atoms with Crippen molar-refractivity contribution in [3.8, 4) is 0 Å². The molecular weight excluding hydrogens is 102 g/mol. The van der Waals surface area contributed by atoms with Crippen molar-refractivity contribution >= 4 is 16.0 Å². The van der Waals surface area contributed by atoms with Gasteiger partial charge in [0.25, 0.3) is 0 Å². The van der Waals surface area contributed by atoms with Crippen LogP contribution >= 0.6 is 0 Å². The summed E-state index contributed by atoms with van der Waals surface area (Å²) in [7, 11) is -3.67. The predicted molar refractivity (Wildman–Crippen MR) is 20.4 cm³/mol. The van der Waals surface area contributed by atoms with Crippen molar-refractivity contribution in [2.75, 3.05) is 0 Å². The van der Waals surface area contributed by atoms with Crippen LogP contribution in [0.2, 0.25) is 0 Å². The number of rotatable bonds is 0. The predicted octanol–water partition coefficient (Wildman–Crippen LogP) is -3.57. The van der Waals surface area contributed by atoms with Crippen molar-refractivity contribution in [1.82, 2.24) is 0 Å². The second kappa shape index (κ2) is 9.33. The third-order valence-corrected chi connectivity index (χ3v) is 0. The average Bonchev–Trinajstić information content (AvgIpc) is 0.811. The van der Waals surface area contributed by atoms with Crippen molar-refractivity contribution < 1.29 is 42.5 Å². The van der Waals surface area contributed by atoms with E-state index in [0.717, 1.165) is 0 Å². The van der Waals surface area contributed by atoms with Gasteiger partial charge in [-0.25, -0.2) is 0 Å². The molecule has 6 heavy (non-hydrogen) atoms. The van der Waals surface area contributed by atoms with Gasteiger partial charge in [0.1, 0.15) is 0 Å². The third kappa shape index (κ3) is 89.3. The largest absolute Gasteiger partial charge is 1.00 e. The minimum absolute atomic E-state index is 0. The quantitative estimate of drug-likeness (QED) is 0.280. The van der Waals surface area contributed by atoms with Crippen LogP contribution in [0.15, 0.2) is 0 Å². The zero-order valence-electron chi connectivity index (χ0n) is 2.71. The fourth-order valence-corrected chi connectivity index (χ4v) is 0. The average molecular weight is 106 g/mol. The summed E-state index contributed by atoms with van der Waals surface area (Å²) in [6.07, 6.45) is 0. The first-order valence-corrected chi connectivity index (χ1v) is 0.655. The van der Waals surface area contributed by atoms with Crippen LogP contribution in [0.1, 0.15) is 0 Å². The molecule has 0 rings (SSSR count). The number of hydrogen-bond donors (Lipinski definition) is 0. The molecule has 0 aliphatic heterocycles. The van der Waals surface area contributed by atoms with E-state index >= 15 is 0 Å². The summed E-state index contributed by atoms with van der Waals surface area (Å²) in [5.74, 6) is 0. The number of hydrogen-bond acceptors (Lipinski definition) is 0.